The van der Waals surface area contributed by atoms with Gasteiger partial charge in [0.2, 0.25) is 17.8 Å². The number of carbonyl (C=O) groups is 2. The first-order chi connectivity index (χ1) is 14.8. The van der Waals surface area contributed by atoms with Crippen molar-refractivity contribution < 1.29 is 14.3 Å². The number of nitrogens with zero attached hydrogens (tertiary/aromatic N) is 3. The van der Waals surface area contributed by atoms with Gasteiger partial charge < -0.3 is 9.64 Å². The van der Waals surface area contributed by atoms with Gasteiger partial charge in [-0.3, -0.25) is 19.5 Å². The third-order valence-corrected chi connectivity index (χ3v) is 5.04. The highest BCUT2D eigenvalue weighted by Crippen LogP contribution is 2.26. The van der Waals surface area contributed by atoms with E-state index in [0.717, 1.165) is 17.0 Å². The number of aromatic nitrogens is 2. The van der Waals surface area contributed by atoms with E-state index >= 15 is 0 Å². The van der Waals surface area contributed by atoms with E-state index in [1.807, 2.05) is 56.4 Å². The number of nitrogens with one attached hydrogen (secondary N) is 1. The molecule has 162 valence electrons. The van der Waals surface area contributed by atoms with Crippen LogP contribution >= 0.6 is 11.6 Å². The van der Waals surface area contributed by atoms with E-state index in [1.165, 1.54) is 11.8 Å². The second kappa shape index (κ2) is 9.66. The van der Waals surface area contributed by atoms with Crippen molar-refractivity contribution in [3.8, 4) is 22.7 Å². The maximum absolute atomic E-state index is 12.7. The number of hydrogen-bond acceptors (Lipinski definition) is 4. The van der Waals surface area contributed by atoms with Gasteiger partial charge in [0.15, 0.2) is 0 Å². The lowest BCUT2D eigenvalue weighted by Crippen LogP contribution is -2.41. The Balaban J connectivity index is 1.95. The Morgan fingerprint density at radius 1 is 1.13 bits per heavy atom. The van der Waals surface area contributed by atoms with E-state index in [0.29, 0.717) is 16.7 Å². The monoisotopic (exact) mass is 440 g/mol. The highest BCUT2D eigenvalue weighted by atomic mass is 35.5. The maximum Gasteiger partial charge on any atom is 0.246 e. The smallest absolute Gasteiger partial charge is 0.246 e. The molecule has 0 aliphatic rings. The number of carbonyl (C=O) groups excluding carboxylic acids is 2. The number of amides is 2. The van der Waals surface area contributed by atoms with Gasteiger partial charge in [0.25, 0.3) is 0 Å². The zero-order valence-electron chi connectivity index (χ0n) is 17.9. The number of ether oxygens (including phenoxy) is 1. The molecule has 1 N–H and O–H groups in total. The Morgan fingerprint density at radius 2 is 1.77 bits per heavy atom. The van der Waals surface area contributed by atoms with Gasteiger partial charge in [0.1, 0.15) is 12.3 Å². The van der Waals surface area contributed by atoms with Crippen LogP contribution in [0.15, 0.2) is 54.7 Å². The second-order valence-corrected chi connectivity index (χ2v) is 7.75. The lowest BCUT2D eigenvalue weighted by Gasteiger charge is -2.24. The zero-order valence-corrected chi connectivity index (χ0v) is 18.7. The molecule has 0 aliphatic heterocycles. The summed E-state index contributed by atoms with van der Waals surface area (Å²) in [5.41, 5.74) is 2.34. The molecule has 3 rings (SSSR count). The molecule has 0 saturated heterocycles. The van der Waals surface area contributed by atoms with Gasteiger partial charge in [-0.2, -0.15) is 0 Å². The minimum atomic E-state index is -0.327. The van der Waals surface area contributed by atoms with Crippen LogP contribution in [0.1, 0.15) is 20.8 Å². The number of halogens is 1. The van der Waals surface area contributed by atoms with Crippen LogP contribution in [0.4, 0.5) is 5.95 Å². The first-order valence-corrected chi connectivity index (χ1v) is 10.2. The minimum Gasteiger partial charge on any atom is -0.497 e. The predicted octanol–water partition coefficient (Wildman–Crippen LogP) is 4.40. The maximum atomic E-state index is 12.7. The molecule has 0 unspecified atom stereocenters. The molecule has 3 aromatic rings. The second-order valence-electron chi connectivity index (χ2n) is 7.31. The molecule has 7 nitrogen and oxygen atoms in total. The summed E-state index contributed by atoms with van der Waals surface area (Å²) >= 11 is 6.00. The lowest BCUT2D eigenvalue weighted by molar-refractivity contribution is -0.134. The molecule has 0 radical (unpaired) electrons. The molecule has 2 amide bonds. The number of benzene rings is 2. The van der Waals surface area contributed by atoms with Crippen molar-refractivity contribution in [3.05, 3.63) is 59.8 Å². The number of rotatable bonds is 7. The Hall–Kier alpha value is -3.32. The molecule has 1 heterocycles. The van der Waals surface area contributed by atoms with Crippen LogP contribution in [0, 0.1) is 0 Å². The number of imidazole rings is 1. The molecule has 0 saturated carbocycles. The molecule has 0 fully saturated rings. The zero-order chi connectivity index (χ0) is 22.5. The number of anilines is 1. The van der Waals surface area contributed by atoms with Gasteiger partial charge in [0.05, 0.1) is 12.8 Å². The van der Waals surface area contributed by atoms with Crippen molar-refractivity contribution >= 4 is 29.4 Å². The van der Waals surface area contributed by atoms with Crippen molar-refractivity contribution in [1.29, 1.82) is 0 Å². The third-order valence-electron chi connectivity index (χ3n) is 4.79. The molecule has 1 aromatic heterocycles. The van der Waals surface area contributed by atoms with E-state index in [9.17, 15) is 9.59 Å². The van der Waals surface area contributed by atoms with Gasteiger partial charge in [0, 0.05) is 35.4 Å². The van der Waals surface area contributed by atoms with Crippen LogP contribution in [-0.4, -0.2) is 46.0 Å². The van der Waals surface area contributed by atoms with Crippen LogP contribution in [0.5, 0.6) is 5.75 Å². The van der Waals surface area contributed by atoms with Gasteiger partial charge in [-0.1, -0.05) is 23.7 Å². The molecule has 31 heavy (non-hydrogen) atoms. The fourth-order valence-electron chi connectivity index (χ4n) is 3.14. The number of hydrogen-bond donors (Lipinski definition) is 1. The van der Waals surface area contributed by atoms with Crippen LogP contribution in [0.2, 0.25) is 5.02 Å². The molecular weight excluding hydrogens is 416 g/mol. The first-order valence-electron chi connectivity index (χ1n) is 9.85. The third kappa shape index (κ3) is 5.44. The molecule has 0 bridgehead atoms. The van der Waals surface area contributed by atoms with Gasteiger partial charge in [-0.25, -0.2) is 4.98 Å². The van der Waals surface area contributed by atoms with E-state index in [2.05, 4.69) is 10.3 Å². The summed E-state index contributed by atoms with van der Waals surface area (Å²) in [6.45, 7) is 5.13. The van der Waals surface area contributed by atoms with E-state index < -0.39 is 0 Å². The summed E-state index contributed by atoms with van der Waals surface area (Å²) in [6, 6.07) is 14.6. The molecule has 0 aliphatic carbocycles. The highest BCUT2D eigenvalue weighted by Gasteiger charge is 2.19. The topological polar surface area (TPSA) is 76.5 Å². The van der Waals surface area contributed by atoms with Crippen molar-refractivity contribution in [2.24, 2.45) is 0 Å². The van der Waals surface area contributed by atoms with Crippen molar-refractivity contribution in [3.63, 3.8) is 0 Å². The van der Waals surface area contributed by atoms with Crippen LogP contribution in [0.25, 0.3) is 16.9 Å². The van der Waals surface area contributed by atoms with Crippen molar-refractivity contribution in [2.45, 2.75) is 26.8 Å². The van der Waals surface area contributed by atoms with Crippen LogP contribution < -0.4 is 10.1 Å². The minimum absolute atomic E-state index is 0.0568. The fraction of sp³-hybridized carbons (Fsp3) is 0.261. The summed E-state index contributed by atoms with van der Waals surface area (Å²) in [4.78, 5) is 30.7. The lowest BCUT2D eigenvalue weighted by atomic mass is 10.2. The van der Waals surface area contributed by atoms with Crippen LogP contribution in [0.3, 0.4) is 0 Å². The molecule has 0 atom stereocenters. The summed E-state index contributed by atoms with van der Waals surface area (Å²) in [5, 5.41) is 3.47. The van der Waals surface area contributed by atoms with E-state index in [-0.39, 0.29) is 24.4 Å². The standard InChI is InChI=1S/C23H25ClN4O3/c1-15(2)27(16(3)29)14-22(30)26-23-25-21(17-5-7-18(24)8-6-17)13-28(23)19-9-11-20(31-4)12-10-19/h5-13,15H,14H2,1-4H3,(H,25,26,30). The Kier molecular flexibility index (Phi) is 6.97. The first kappa shape index (κ1) is 22.4. The average Bonchev–Trinajstić information content (AvgIpc) is 3.15. The molecular formula is C23H25ClN4O3. The summed E-state index contributed by atoms with van der Waals surface area (Å²) in [7, 11) is 1.60. The highest BCUT2D eigenvalue weighted by molar-refractivity contribution is 6.30. The molecule has 0 spiro atoms. The Morgan fingerprint density at radius 3 is 2.32 bits per heavy atom. The quantitative estimate of drug-likeness (QED) is 0.590. The SMILES string of the molecule is COc1ccc(-n2cc(-c3ccc(Cl)cc3)nc2NC(=O)CN(C(C)=O)C(C)C)cc1. The van der Waals surface area contributed by atoms with Crippen LogP contribution in [-0.2, 0) is 9.59 Å². The fourth-order valence-corrected chi connectivity index (χ4v) is 3.27. The predicted molar refractivity (Wildman–Crippen MR) is 122 cm³/mol. The summed E-state index contributed by atoms with van der Waals surface area (Å²) in [5.74, 6) is 0.589. The molecule has 2 aromatic carbocycles. The van der Waals surface area contributed by atoms with Gasteiger partial charge >= 0.3 is 0 Å². The van der Waals surface area contributed by atoms with Crippen molar-refractivity contribution in [1.82, 2.24) is 14.5 Å². The van der Waals surface area contributed by atoms with Crippen molar-refractivity contribution in [2.75, 3.05) is 19.0 Å². The Labute approximate surface area is 186 Å². The molecule has 8 heteroatoms. The summed E-state index contributed by atoms with van der Waals surface area (Å²) < 4.78 is 7.02. The normalized spacial score (nSPS) is 10.8. The largest absolute Gasteiger partial charge is 0.497 e. The average molecular weight is 441 g/mol. The Bertz CT molecular complexity index is 1060. The summed E-state index contributed by atoms with van der Waals surface area (Å²) in [6.07, 6.45) is 1.84. The van der Waals surface area contributed by atoms with Gasteiger partial charge in [-0.05, 0) is 50.2 Å². The van der Waals surface area contributed by atoms with Gasteiger partial charge in [-0.15, -0.1) is 0 Å². The number of methoxy groups -OCH3 is 1. The van der Waals surface area contributed by atoms with E-state index in [4.69, 9.17) is 16.3 Å². The van der Waals surface area contributed by atoms with E-state index in [1.54, 1.807) is 23.8 Å².